The highest BCUT2D eigenvalue weighted by molar-refractivity contribution is 8.00. The van der Waals surface area contributed by atoms with Crippen molar-refractivity contribution in [1.29, 1.82) is 0 Å². The number of thioether (sulfide) groups is 1. The number of aromatic nitrogens is 1. The van der Waals surface area contributed by atoms with Crippen molar-refractivity contribution < 1.29 is 4.79 Å². The molecular formula is C15H23N3OS. The maximum absolute atomic E-state index is 12.3. The van der Waals surface area contributed by atoms with Crippen LogP contribution < -0.4 is 11.1 Å². The lowest BCUT2D eigenvalue weighted by Gasteiger charge is -2.40. The summed E-state index contributed by atoms with van der Waals surface area (Å²) in [6, 6.07) is 3.50. The van der Waals surface area contributed by atoms with Crippen molar-refractivity contribution in [3.63, 3.8) is 0 Å². The lowest BCUT2D eigenvalue weighted by Crippen LogP contribution is -2.45. The number of aryl methyl sites for hydroxylation is 1. The van der Waals surface area contributed by atoms with Gasteiger partial charge in [0.25, 0.3) is 5.91 Å². The summed E-state index contributed by atoms with van der Waals surface area (Å²) in [6.07, 6.45) is 7.60. The number of carbonyl (C=O) groups excluding carboxylic acids is 1. The second-order valence-corrected chi connectivity index (χ2v) is 6.72. The average Bonchev–Trinajstić information content (AvgIpc) is 2.37. The highest BCUT2D eigenvalue weighted by Crippen LogP contribution is 2.42. The fourth-order valence-electron chi connectivity index (χ4n) is 2.49. The van der Waals surface area contributed by atoms with Gasteiger partial charge < -0.3 is 11.1 Å². The number of nitrogen functional groups attached to an aromatic ring is 1. The molecule has 0 atom stereocenters. The first kappa shape index (κ1) is 15.2. The fourth-order valence-corrected chi connectivity index (χ4v) is 3.41. The van der Waals surface area contributed by atoms with Crippen LogP contribution in [0.2, 0.25) is 0 Å². The third-order valence-electron chi connectivity index (χ3n) is 3.94. The van der Waals surface area contributed by atoms with Crippen molar-refractivity contribution in [2.75, 3.05) is 18.5 Å². The van der Waals surface area contributed by atoms with Crippen LogP contribution in [0.1, 0.15) is 48.7 Å². The lowest BCUT2D eigenvalue weighted by atomic mass is 9.84. The molecule has 3 N–H and O–H groups in total. The Bertz CT molecular complexity index is 480. The van der Waals surface area contributed by atoms with Crippen molar-refractivity contribution in [3.05, 3.63) is 23.4 Å². The highest BCUT2D eigenvalue weighted by Gasteiger charge is 2.36. The zero-order valence-corrected chi connectivity index (χ0v) is 13.1. The van der Waals surface area contributed by atoms with E-state index in [-0.39, 0.29) is 10.7 Å². The first-order chi connectivity index (χ1) is 9.58. The quantitative estimate of drug-likeness (QED) is 0.846. The number of hydrogen-bond donors (Lipinski definition) is 2. The molecule has 0 spiro atoms. The summed E-state index contributed by atoms with van der Waals surface area (Å²) in [4.78, 5) is 16.5. The van der Waals surface area contributed by atoms with Gasteiger partial charge in [-0.15, -0.1) is 0 Å². The van der Waals surface area contributed by atoms with Crippen LogP contribution in [0.3, 0.4) is 0 Å². The third kappa shape index (κ3) is 3.45. The number of hydrogen-bond acceptors (Lipinski definition) is 4. The smallest absolute Gasteiger partial charge is 0.251 e. The maximum Gasteiger partial charge on any atom is 0.251 e. The van der Waals surface area contributed by atoms with Crippen LogP contribution in [0.5, 0.6) is 0 Å². The summed E-state index contributed by atoms with van der Waals surface area (Å²) in [5.41, 5.74) is 7.29. The Hall–Kier alpha value is -1.23. The molecule has 1 saturated carbocycles. The summed E-state index contributed by atoms with van der Waals surface area (Å²) in [7, 11) is 0. The van der Waals surface area contributed by atoms with E-state index in [1.807, 2.05) is 17.8 Å². The van der Waals surface area contributed by atoms with E-state index < -0.39 is 0 Å². The number of carbonyl (C=O) groups is 1. The van der Waals surface area contributed by atoms with Crippen LogP contribution in [0.15, 0.2) is 12.1 Å². The van der Waals surface area contributed by atoms with Crippen molar-refractivity contribution in [2.45, 2.75) is 43.8 Å². The molecule has 0 aliphatic heterocycles. The fraction of sp³-hybridized carbons (Fsp3) is 0.600. The molecule has 0 unspecified atom stereocenters. The predicted molar refractivity (Wildman–Crippen MR) is 85.1 cm³/mol. The molecule has 20 heavy (non-hydrogen) atoms. The SMILES string of the molecule is CCCc1cc(C(=O)NCC2(SC)CCC2)cc(N)n1. The number of nitrogens with one attached hydrogen (secondary N) is 1. The van der Waals surface area contributed by atoms with Gasteiger partial charge in [-0.3, -0.25) is 4.79 Å². The van der Waals surface area contributed by atoms with E-state index >= 15 is 0 Å². The Morgan fingerprint density at radius 2 is 2.25 bits per heavy atom. The third-order valence-corrected chi connectivity index (χ3v) is 5.35. The van der Waals surface area contributed by atoms with E-state index in [1.54, 1.807) is 6.07 Å². The van der Waals surface area contributed by atoms with E-state index in [2.05, 4.69) is 23.5 Å². The van der Waals surface area contributed by atoms with Gasteiger partial charge in [-0.1, -0.05) is 19.8 Å². The first-order valence-corrected chi connectivity index (χ1v) is 8.41. The van der Waals surface area contributed by atoms with Gasteiger partial charge >= 0.3 is 0 Å². The van der Waals surface area contributed by atoms with Gasteiger partial charge in [0.15, 0.2) is 0 Å². The zero-order chi connectivity index (χ0) is 14.6. The molecule has 0 radical (unpaired) electrons. The molecule has 5 heteroatoms. The number of anilines is 1. The Labute approximate surface area is 124 Å². The minimum atomic E-state index is -0.0446. The van der Waals surface area contributed by atoms with Gasteiger partial charge in [-0.05, 0) is 37.7 Å². The highest BCUT2D eigenvalue weighted by atomic mass is 32.2. The van der Waals surface area contributed by atoms with E-state index in [1.165, 1.54) is 19.3 Å². The molecule has 0 aromatic carbocycles. The molecule has 0 bridgehead atoms. The summed E-state index contributed by atoms with van der Waals surface area (Å²) >= 11 is 1.86. The van der Waals surface area contributed by atoms with Gasteiger partial charge in [0.2, 0.25) is 0 Å². The predicted octanol–water partition coefficient (Wildman–Crippen LogP) is 2.63. The summed E-state index contributed by atoms with van der Waals surface area (Å²) in [5, 5.41) is 3.05. The van der Waals surface area contributed by atoms with Crippen molar-refractivity contribution in [1.82, 2.24) is 10.3 Å². The lowest BCUT2D eigenvalue weighted by molar-refractivity contribution is 0.0943. The molecule has 1 aromatic heterocycles. The van der Waals surface area contributed by atoms with Crippen LogP contribution in [0.25, 0.3) is 0 Å². The summed E-state index contributed by atoms with van der Waals surface area (Å²) < 4.78 is 0.250. The molecule has 1 aliphatic rings. The second-order valence-electron chi connectivity index (χ2n) is 5.45. The van der Waals surface area contributed by atoms with E-state index in [4.69, 9.17) is 5.73 Å². The van der Waals surface area contributed by atoms with Gasteiger partial charge in [0.1, 0.15) is 5.82 Å². The number of amides is 1. The van der Waals surface area contributed by atoms with Crippen LogP contribution in [0.4, 0.5) is 5.82 Å². The number of pyridine rings is 1. The van der Waals surface area contributed by atoms with Crippen LogP contribution in [0, 0.1) is 0 Å². The molecular weight excluding hydrogens is 270 g/mol. The van der Waals surface area contributed by atoms with Gasteiger partial charge in [0.05, 0.1) is 0 Å². The minimum Gasteiger partial charge on any atom is -0.384 e. The minimum absolute atomic E-state index is 0.0446. The molecule has 1 amide bonds. The van der Waals surface area contributed by atoms with Crippen LogP contribution in [-0.2, 0) is 6.42 Å². The molecule has 110 valence electrons. The molecule has 1 aliphatic carbocycles. The van der Waals surface area contributed by atoms with Crippen molar-refractivity contribution in [2.24, 2.45) is 0 Å². The van der Waals surface area contributed by atoms with E-state index in [9.17, 15) is 4.79 Å². The van der Waals surface area contributed by atoms with Gasteiger partial charge in [-0.25, -0.2) is 4.98 Å². The molecule has 0 saturated heterocycles. The molecule has 1 aromatic rings. The van der Waals surface area contributed by atoms with Gasteiger partial charge in [-0.2, -0.15) is 11.8 Å². The standard InChI is InChI=1S/C15H23N3OS/c1-3-5-12-8-11(9-13(16)18-12)14(19)17-10-15(20-2)6-4-7-15/h8-9H,3-7,10H2,1-2H3,(H2,16,18)(H,17,19). The molecule has 4 nitrogen and oxygen atoms in total. The second kappa shape index (κ2) is 6.48. The Morgan fingerprint density at radius 3 is 2.80 bits per heavy atom. The Morgan fingerprint density at radius 1 is 1.50 bits per heavy atom. The summed E-state index contributed by atoms with van der Waals surface area (Å²) in [6.45, 7) is 2.82. The van der Waals surface area contributed by atoms with Crippen molar-refractivity contribution >= 4 is 23.5 Å². The normalized spacial score (nSPS) is 16.5. The number of nitrogens with zero attached hydrogens (tertiary/aromatic N) is 1. The van der Waals surface area contributed by atoms with Gasteiger partial charge in [0, 0.05) is 22.5 Å². The van der Waals surface area contributed by atoms with Crippen LogP contribution >= 0.6 is 11.8 Å². The average molecular weight is 293 g/mol. The van der Waals surface area contributed by atoms with Crippen molar-refractivity contribution in [3.8, 4) is 0 Å². The summed E-state index contributed by atoms with van der Waals surface area (Å²) in [5.74, 6) is 0.376. The van der Waals surface area contributed by atoms with E-state index in [0.717, 1.165) is 25.1 Å². The Kier molecular flexibility index (Phi) is 4.91. The first-order valence-electron chi connectivity index (χ1n) is 7.18. The molecule has 1 heterocycles. The topological polar surface area (TPSA) is 68.0 Å². The van der Waals surface area contributed by atoms with E-state index in [0.29, 0.717) is 11.4 Å². The maximum atomic E-state index is 12.3. The molecule has 1 fully saturated rings. The number of rotatable bonds is 6. The zero-order valence-electron chi connectivity index (χ0n) is 12.2. The largest absolute Gasteiger partial charge is 0.384 e. The monoisotopic (exact) mass is 293 g/mol. The Balaban J connectivity index is 2.01. The molecule has 2 rings (SSSR count). The van der Waals surface area contributed by atoms with Crippen LogP contribution in [-0.4, -0.2) is 28.4 Å². The number of nitrogens with two attached hydrogens (primary N) is 1.